The Morgan fingerprint density at radius 1 is 0.750 bits per heavy atom. The van der Waals surface area contributed by atoms with Gasteiger partial charge in [0.2, 0.25) is 12.0 Å². The highest BCUT2D eigenvalue weighted by molar-refractivity contribution is 5.89. The van der Waals surface area contributed by atoms with Gasteiger partial charge in [-0.3, -0.25) is 0 Å². The molecular weight excluding hydrogens is 596 g/mol. The van der Waals surface area contributed by atoms with Gasteiger partial charge >= 0.3 is 11.3 Å². The van der Waals surface area contributed by atoms with Crippen molar-refractivity contribution in [2.24, 2.45) is 0 Å². The van der Waals surface area contributed by atoms with Crippen molar-refractivity contribution in [3.05, 3.63) is 30.3 Å². The number of hydrogen-bond donors (Lipinski definition) is 12. The van der Waals surface area contributed by atoms with Gasteiger partial charge in [-0.05, 0) is 0 Å². The largest absolute Gasteiger partial charge is 0.507 e. The van der Waals surface area contributed by atoms with E-state index in [9.17, 15) is 61.3 Å². The lowest BCUT2D eigenvalue weighted by atomic mass is 9.99. The smallest absolute Gasteiger partial charge is 0.402 e. The molecule has 0 amide bonds. The minimum atomic E-state index is -2.40. The third kappa shape index (κ3) is 5.39. The summed E-state index contributed by atoms with van der Waals surface area (Å²) < 4.78 is 28.4. The normalized spacial score (nSPS) is 32.2. The maximum Gasteiger partial charge on any atom is 0.402 e. The molecule has 0 radical (unpaired) electrons. The molecule has 2 aliphatic heterocycles. The second kappa shape index (κ2) is 12.0. The van der Waals surface area contributed by atoms with Gasteiger partial charge in [0, 0.05) is 24.3 Å². The van der Waals surface area contributed by atoms with Gasteiger partial charge in [0.25, 0.3) is 5.79 Å². The van der Waals surface area contributed by atoms with E-state index < -0.39 is 103 Å². The minimum Gasteiger partial charge on any atom is -0.507 e. The maximum atomic E-state index is 10.7. The number of aromatic hydroxyl groups is 4. The summed E-state index contributed by atoms with van der Waals surface area (Å²) in [6.07, 6.45) is -13.4. The fraction of sp³-hybridized carbons (Fsp3) is 0.444. The van der Waals surface area contributed by atoms with Crippen molar-refractivity contribution < 1.29 is 84.6 Å². The number of benzene rings is 2. The first-order valence-corrected chi connectivity index (χ1v) is 13.1. The Balaban J connectivity index is 1.67. The molecule has 240 valence electrons. The molecule has 2 saturated heterocycles. The number of hydrogen-bond acceptors (Lipinski definition) is 16. The zero-order valence-electron chi connectivity index (χ0n) is 22.5. The van der Waals surface area contributed by atoms with Gasteiger partial charge < -0.3 is 80.2 Å². The van der Waals surface area contributed by atoms with Gasteiger partial charge in [-0.1, -0.05) is 0 Å². The van der Waals surface area contributed by atoms with Gasteiger partial charge in [-0.2, -0.15) is 0 Å². The van der Waals surface area contributed by atoms with Crippen molar-refractivity contribution in [3.63, 3.8) is 0 Å². The summed E-state index contributed by atoms with van der Waals surface area (Å²) in [6.45, 7) is -2.59. The van der Waals surface area contributed by atoms with Gasteiger partial charge in [0.05, 0.1) is 24.8 Å². The Labute approximate surface area is 246 Å². The van der Waals surface area contributed by atoms with Crippen LogP contribution in [0.4, 0.5) is 0 Å². The minimum absolute atomic E-state index is 0.0504. The molecule has 9 unspecified atom stereocenters. The van der Waals surface area contributed by atoms with E-state index in [1.807, 2.05) is 0 Å². The summed E-state index contributed by atoms with van der Waals surface area (Å²) in [5, 5.41) is 122. The number of fused-ring (bicyclic) bond motifs is 1. The Hall–Kier alpha value is -3.75. The van der Waals surface area contributed by atoms with Crippen LogP contribution in [0, 0.1) is 0 Å². The summed E-state index contributed by atoms with van der Waals surface area (Å²) in [5.74, 6) is -6.32. The average Bonchev–Trinajstić information content (AvgIpc) is 3.24. The van der Waals surface area contributed by atoms with Gasteiger partial charge in [-0.15, -0.1) is 0 Å². The first-order chi connectivity index (χ1) is 20.8. The number of aliphatic hydroxyl groups excluding tert-OH is 8. The number of phenols is 4. The van der Waals surface area contributed by atoms with Crippen LogP contribution in [0.5, 0.6) is 34.5 Å². The Morgan fingerprint density at radius 2 is 1.41 bits per heavy atom. The lowest BCUT2D eigenvalue weighted by Crippen LogP contribution is -2.60. The molecule has 2 fully saturated rings. The molecule has 0 aliphatic carbocycles. The lowest BCUT2D eigenvalue weighted by Gasteiger charge is -2.39. The van der Waals surface area contributed by atoms with Crippen molar-refractivity contribution >= 4 is 11.0 Å². The van der Waals surface area contributed by atoms with Crippen LogP contribution in [0.3, 0.4) is 0 Å². The third-order valence-corrected chi connectivity index (χ3v) is 7.41. The molecule has 44 heavy (non-hydrogen) atoms. The van der Waals surface area contributed by atoms with Crippen LogP contribution in [0.25, 0.3) is 22.3 Å². The van der Waals surface area contributed by atoms with Crippen molar-refractivity contribution in [1.29, 1.82) is 0 Å². The van der Waals surface area contributed by atoms with Crippen LogP contribution >= 0.6 is 0 Å². The highest BCUT2D eigenvalue weighted by atomic mass is 16.7. The third-order valence-electron chi connectivity index (χ3n) is 7.41. The topological polar surface area (TPSA) is 291 Å². The molecule has 17 nitrogen and oxygen atoms in total. The van der Waals surface area contributed by atoms with Crippen molar-refractivity contribution in [1.82, 2.24) is 0 Å². The number of phenolic OH excluding ortho intramolecular Hbond substituents is 4. The highest BCUT2D eigenvalue weighted by Gasteiger charge is 2.57. The van der Waals surface area contributed by atoms with E-state index in [-0.39, 0.29) is 28.0 Å². The van der Waals surface area contributed by atoms with E-state index >= 15 is 0 Å². The maximum absolute atomic E-state index is 10.7. The Kier molecular flexibility index (Phi) is 8.62. The van der Waals surface area contributed by atoms with Crippen LogP contribution in [0.2, 0.25) is 0 Å². The summed E-state index contributed by atoms with van der Waals surface area (Å²) >= 11 is 0. The Bertz CT molecular complexity index is 1490. The highest BCUT2D eigenvalue weighted by Crippen LogP contribution is 2.46. The molecule has 12 N–H and O–H groups in total. The molecule has 9 atom stereocenters. The van der Waals surface area contributed by atoms with E-state index in [0.717, 1.165) is 24.3 Å². The van der Waals surface area contributed by atoms with Crippen LogP contribution in [0.1, 0.15) is 0 Å². The first-order valence-electron chi connectivity index (χ1n) is 13.1. The predicted molar refractivity (Wildman–Crippen MR) is 142 cm³/mol. The fourth-order valence-electron chi connectivity index (χ4n) is 5.01. The number of rotatable bonds is 8. The molecule has 3 aromatic rings. The molecule has 2 aliphatic rings. The predicted octanol–water partition coefficient (Wildman–Crippen LogP) is -2.44. The second-order valence-electron chi connectivity index (χ2n) is 10.3. The van der Waals surface area contributed by atoms with E-state index in [4.69, 9.17) is 23.4 Å². The monoisotopic (exact) mass is 627 g/mol. The van der Waals surface area contributed by atoms with E-state index in [1.165, 1.54) is 6.07 Å². The summed E-state index contributed by atoms with van der Waals surface area (Å²) in [4.78, 5) is 0. The van der Waals surface area contributed by atoms with Crippen molar-refractivity contribution in [3.8, 4) is 45.8 Å². The lowest BCUT2D eigenvalue weighted by molar-refractivity contribution is -0.277. The molecule has 3 heterocycles. The van der Waals surface area contributed by atoms with Gasteiger partial charge in [-0.25, -0.2) is 4.42 Å². The van der Waals surface area contributed by atoms with Crippen LogP contribution in [-0.4, -0.2) is 136 Å². The number of aliphatic hydroxyl groups is 8. The summed E-state index contributed by atoms with van der Waals surface area (Å²) in [6, 6.07) is 5.25. The molecule has 0 spiro atoms. The van der Waals surface area contributed by atoms with Crippen molar-refractivity contribution in [2.45, 2.75) is 54.8 Å². The summed E-state index contributed by atoms with van der Waals surface area (Å²) in [5.41, 5.74) is -0.313. The molecule has 1 aromatic heterocycles. The van der Waals surface area contributed by atoms with E-state index in [0.29, 0.717) is 0 Å². The standard InChI is InChI=1S/C27H30O17/c28-6-17-20(35)22(37)23(38)26(42-17)41-15-4-10(31)3-14-11(15)5-16(24(40-14)9-1-12(32)19(34)13(33)2-9)43-27(8-30)25(39)21(36)18(7-29)44-27/h1-5,17-18,20-23,25-26,28-30,35-39H,6-8H2,(H3-,31,32,33,34)/p+1. The SMILES string of the molecule is OCC1OC(Oc2cc(O)cc3[o+]c(-c4cc(O)c(O)c(O)c4)c(OC4(CO)OC(CO)C(O)C4O)cc23)C(O)C(O)C1O. The van der Waals surface area contributed by atoms with Gasteiger partial charge in [0.1, 0.15) is 66.2 Å². The van der Waals surface area contributed by atoms with E-state index in [2.05, 4.69) is 0 Å². The second-order valence-corrected chi connectivity index (χ2v) is 10.3. The molecule has 5 rings (SSSR count). The zero-order chi connectivity index (χ0) is 32.1. The molecular formula is C27H31O17+. The molecule has 2 aromatic carbocycles. The number of ether oxygens (including phenoxy) is 4. The first kappa shape index (κ1) is 31.7. The fourth-order valence-corrected chi connectivity index (χ4v) is 5.01. The summed E-state index contributed by atoms with van der Waals surface area (Å²) in [7, 11) is 0. The van der Waals surface area contributed by atoms with Crippen LogP contribution in [-0.2, 0) is 9.47 Å². The Morgan fingerprint density at radius 3 is 2.00 bits per heavy atom. The van der Waals surface area contributed by atoms with Crippen molar-refractivity contribution in [2.75, 3.05) is 19.8 Å². The molecule has 0 saturated carbocycles. The van der Waals surface area contributed by atoms with E-state index in [1.54, 1.807) is 0 Å². The average molecular weight is 628 g/mol. The molecule has 0 bridgehead atoms. The van der Waals surface area contributed by atoms with Gasteiger partial charge in [0.15, 0.2) is 17.2 Å². The van der Waals surface area contributed by atoms with Crippen LogP contribution < -0.4 is 9.47 Å². The molecule has 17 heteroatoms. The van der Waals surface area contributed by atoms with Crippen LogP contribution in [0.15, 0.2) is 34.7 Å². The zero-order valence-corrected chi connectivity index (χ0v) is 22.5. The quantitative estimate of drug-likeness (QED) is 0.0912.